The number of nitrogens with zero attached hydrogens (tertiary/aromatic N) is 1. The molecule has 0 bridgehead atoms. The van der Waals surface area contributed by atoms with Crippen molar-refractivity contribution in [3.63, 3.8) is 0 Å². The molecule has 0 saturated carbocycles. The van der Waals surface area contributed by atoms with Crippen LogP contribution < -0.4 is 15.0 Å². The van der Waals surface area contributed by atoms with Crippen LogP contribution in [0.5, 0.6) is 5.75 Å². The van der Waals surface area contributed by atoms with Crippen molar-refractivity contribution in [3.05, 3.63) is 53.6 Å². The Morgan fingerprint density at radius 2 is 2.00 bits per heavy atom. The van der Waals surface area contributed by atoms with Gasteiger partial charge in [-0.05, 0) is 36.8 Å². The summed E-state index contributed by atoms with van der Waals surface area (Å²) in [6.07, 6.45) is 0.434. The summed E-state index contributed by atoms with van der Waals surface area (Å²) in [5.41, 5.74) is 1.29. The van der Waals surface area contributed by atoms with E-state index in [0.29, 0.717) is 28.6 Å². The maximum Gasteiger partial charge on any atom is 0.246 e. The van der Waals surface area contributed by atoms with Gasteiger partial charge in [0.15, 0.2) is 9.84 Å². The van der Waals surface area contributed by atoms with Crippen molar-refractivity contribution in [1.82, 2.24) is 0 Å². The maximum atomic E-state index is 13.0. The van der Waals surface area contributed by atoms with Crippen molar-refractivity contribution in [1.29, 1.82) is 0 Å². The average molecular weight is 409 g/mol. The van der Waals surface area contributed by atoms with Crippen LogP contribution in [-0.4, -0.2) is 45.5 Å². The molecule has 0 aromatic heterocycles. The molecular weight excluding hydrogens is 388 g/mol. The third-order valence-electron chi connectivity index (χ3n) is 4.47. The van der Waals surface area contributed by atoms with E-state index in [1.165, 1.54) is 7.11 Å². The molecule has 1 aliphatic heterocycles. The van der Waals surface area contributed by atoms with E-state index in [2.05, 4.69) is 5.32 Å². The number of methoxy groups -OCH3 is 1. The highest BCUT2D eigenvalue weighted by atomic mass is 35.5. The van der Waals surface area contributed by atoms with Crippen molar-refractivity contribution in [2.24, 2.45) is 0 Å². The lowest BCUT2D eigenvalue weighted by Gasteiger charge is -2.28. The Kier molecular flexibility index (Phi) is 5.92. The van der Waals surface area contributed by atoms with Crippen LogP contribution in [0.25, 0.3) is 0 Å². The highest BCUT2D eigenvalue weighted by Crippen LogP contribution is 2.28. The van der Waals surface area contributed by atoms with Gasteiger partial charge in [-0.25, -0.2) is 8.42 Å². The molecule has 1 aliphatic rings. The van der Waals surface area contributed by atoms with Crippen LogP contribution in [0.4, 0.5) is 11.4 Å². The van der Waals surface area contributed by atoms with Gasteiger partial charge in [0, 0.05) is 10.7 Å². The quantitative estimate of drug-likeness (QED) is 0.795. The van der Waals surface area contributed by atoms with Crippen LogP contribution in [0.2, 0.25) is 5.02 Å². The Morgan fingerprint density at radius 1 is 1.26 bits per heavy atom. The first-order valence-electron chi connectivity index (χ1n) is 8.54. The number of halogens is 1. The Labute approximate surface area is 164 Å². The number of benzene rings is 2. The molecule has 0 aliphatic carbocycles. The van der Waals surface area contributed by atoms with Crippen LogP contribution >= 0.6 is 11.6 Å². The van der Waals surface area contributed by atoms with Gasteiger partial charge in [-0.3, -0.25) is 4.79 Å². The summed E-state index contributed by atoms with van der Waals surface area (Å²) in [7, 11) is -1.58. The Bertz CT molecular complexity index is 919. The summed E-state index contributed by atoms with van der Waals surface area (Å²) >= 11 is 6.02. The highest BCUT2D eigenvalue weighted by Gasteiger charge is 2.35. The summed E-state index contributed by atoms with van der Waals surface area (Å²) in [6, 6.07) is 13.9. The summed E-state index contributed by atoms with van der Waals surface area (Å²) in [5.74, 6) is 0.435. The van der Waals surface area contributed by atoms with E-state index in [1.54, 1.807) is 23.1 Å². The summed E-state index contributed by atoms with van der Waals surface area (Å²) in [4.78, 5) is 14.6. The third kappa shape index (κ3) is 4.73. The van der Waals surface area contributed by atoms with E-state index in [1.807, 2.05) is 30.3 Å². The molecule has 1 fully saturated rings. The molecule has 1 unspecified atom stereocenters. The number of carbonyl (C=O) groups excluding carboxylic acids is 1. The zero-order valence-corrected chi connectivity index (χ0v) is 16.5. The fourth-order valence-corrected chi connectivity index (χ4v) is 5.07. The van der Waals surface area contributed by atoms with E-state index in [9.17, 15) is 13.2 Å². The molecule has 1 heterocycles. The number of rotatable bonds is 6. The fraction of sp³-hybridized carbons (Fsp3) is 0.316. The Morgan fingerprint density at radius 3 is 2.63 bits per heavy atom. The van der Waals surface area contributed by atoms with Gasteiger partial charge in [0.05, 0.1) is 36.9 Å². The predicted octanol–water partition coefficient (Wildman–Crippen LogP) is 2.98. The molecule has 1 amide bonds. The van der Waals surface area contributed by atoms with Gasteiger partial charge in [0.2, 0.25) is 5.91 Å². The number of anilines is 2. The first-order valence-corrected chi connectivity index (χ1v) is 10.7. The summed E-state index contributed by atoms with van der Waals surface area (Å²) < 4.78 is 29.1. The Hall–Kier alpha value is -2.25. The zero-order valence-electron chi connectivity index (χ0n) is 14.9. The normalized spacial score (nSPS) is 18.1. The summed E-state index contributed by atoms with van der Waals surface area (Å²) in [5, 5.41) is 3.57. The molecule has 2 aromatic carbocycles. The third-order valence-corrected chi connectivity index (χ3v) is 6.45. The zero-order chi connectivity index (χ0) is 19.4. The highest BCUT2D eigenvalue weighted by molar-refractivity contribution is 7.91. The van der Waals surface area contributed by atoms with Crippen molar-refractivity contribution < 1.29 is 17.9 Å². The fourth-order valence-electron chi connectivity index (χ4n) is 3.20. The molecule has 1 N–H and O–H groups in total. The summed E-state index contributed by atoms with van der Waals surface area (Å²) in [6.45, 7) is -0.0118. The van der Waals surface area contributed by atoms with Crippen LogP contribution in [0.3, 0.4) is 0 Å². The van der Waals surface area contributed by atoms with E-state index >= 15 is 0 Å². The number of amides is 1. The second-order valence-electron chi connectivity index (χ2n) is 6.35. The maximum absolute atomic E-state index is 13.0. The molecule has 6 nitrogen and oxygen atoms in total. The molecule has 3 rings (SSSR count). The van der Waals surface area contributed by atoms with Crippen LogP contribution in [0, 0.1) is 0 Å². The number of sulfone groups is 1. The minimum absolute atomic E-state index is 0.0118. The van der Waals surface area contributed by atoms with E-state index in [0.717, 1.165) is 0 Å². The molecule has 27 heavy (non-hydrogen) atoms. The first-order chi connectivity index (χ1) is 12.9. The predicted molar refractivity (Wildman–Crippen MR) is 107 cm³/mol. The van der Waals surface area contributed by atoms with Gasteiger partial charge in [-0.1, -0.05) is 29.8 Å². The number of nitrogens with one attached hydrogen (secondary N) is 1. The molecule has 0 spiro atoms. The molecular formula is C19H21ClN2O4S. The lowest BCUT2D eigenvalue weighted by atomic mass is 10.1. The van der Waals surface area contributed by atoms with Crippen molar-refractivity contribution in [2.45, 2.75) is 12.5 Å². The number of para-hydroxylation sites is 1. The lowest BCUT2D eigenvalue weighted by Crippen LogP contribution is -2.44. The number of carbonyl (C=O) groups is 1. The molecule has 8 heteroatoms. The first kappa shape index (κ1) is 19.5. The van der Waals surface area contributed by atoms with Gasteiger partial charge in [-0.15, -0.1) is 0 Å². The molecule has 1 atom stereocenters. The Balaban J connectivity index is 1.81. The minimum Gasteiger partial charge on any atom is -0.495 e. The van der Waals surface area contributed by atoms with Crippen molar-refractivity contribution >= 4 is 38.7 Å². The standard InChI is InChI=1S/C19H21ClN2O4S/c1-26-18-8-7-14(20)11-17(18)21-12-19(23)22(15-5-3-2-4-6-15)16-9-10-27(24,25)13-16/h2-8,11,16,21H,9-10,12-13H2,1H3. The smallest absolute Gasteiger partial charge is 0.246 e. The van der Waals surface area contributed by atoms with E-state index in [4.69, 9.17) is 16.3 Å². The lowest BCUT2D eigenvalue weighted by molar-refractivity contribution is -0.117. The minimum atomic E-state index is -3.12. The monoisotopic (exact) mass is 408 g/mol. The van der Waals surface area contributed by atoms with Crippen molar-refractivity contribution in [3.8, 4) is 5.75 Å². The van der Waals surface area contributed by atoms with Crippen molar-refractivity contribution in [2.75, 3.05) is 35.4 Å². The molecule has 0 radical (unpaired) electrons. The van der Waals surface area contributed by atoms with E-state index in [-0.39, 0.29) is 30.0 Å². The van der Waals surface area contributed by atoms with Gasteiger partial charge in [-0.2, -0.15) is 0 Å². The van der Waals surface area contributed by atoms with Gasteiger partial charge in [0.25, 0.3) is 0 Å². The van der Waals surface area contributed by atoms with Gasteiger partial charge in [0.1, 0.15) is 5.75 Å². The van der Waals surface area contributed by atoms with Crippen LogP contribution in [-0.2, 0) is 14.6 Å². The average Bonchev–Trinajstić information content (AvgIpc) is 3.00. The second-order valence-corrected chi connectivity index (χ2v) is 9.02. The molecule has 2 aromatic rings. The van der Waals surface area contributed by atoms with Gasteiger partial charge >= 0.3 is 0 Å². The van der Waals surface area contributed by atoms with Crippen LogP contribution in [0.15, 0.2) is 48.5 Å². The molecule has 1 saturated heterocycles. The number of hydrogen-bond acceptors (Lipinski definition) is 5. The van der Waals surface area contributed by atoms with Gasteiger partial charge < -0.3 is 15.0 Å². The molecule has 144 valence electrons. The SMILES string of the molecule is COc1ccc(Cl)cc1NCC(=O)N(c1ccccc1)C1CCS(=O)(=O)C1. The topological polar surface area (TPSA) is 75.7 Å². The number of hydrogen-bond donors (Lipinski definition) is 1. The van der Waals surface area contributed by atoms with E-state index < -0.39 is 9.84 Å². The van der Waals surface area contributed by atoms with Crippen LogP contribution in [0.1, 0.15) is 6.42 Å². The largest absolute Gasteiger partial charge is 0.495 e. The second kappa shape index (κ2) is 8.19. The number of ether oxygens (including phenoxy) is 1.